The largest absolute Gasteiger partial charge is 0.309 e. The van der Waals surface area contributed by atoms with Gasteiger partial charge in [-0.05, 0) is 171 Å². The molecule has 0 saturated carbocycles. The predicted molar refractivity (Wildman–Crippen MR) is 469 cm³/mol. The zero-order valence-corrected chi connectivity index (χ0v) is 61.5. The Morgan fingerprint density at radius 3 is 0.912 bits per heavy atom. The van der Waals surface area contributed by atoms with Crippen molar-refractivity contribution in [2.24, 2.45) is 0 Å². The van der Waals surface area contributed by atoms with E-state index >= 15 is 0 Å². The van der Waals surface area contributed by atoms with Gasteiger partial charge in [0.05, 0.1) is 33.8 Å². The van der Waals surface area contributed by atoms with Gasteiger partial charge >= 0.3 is 0 Å². The van der Waals surface area contributed by atoms with Crippen molar-refractivity contribution in [3.63, 3.8) is 0 Å². The van der Waals surface area contributed by atoms with Gasteiger partial charge in [-0.3, -0.25) is 9.97 Å². The highest BCUT2D eigenvalue weighted by Gasteiger charge is 2.23. The maximum atomic E-state index is 5.33. The van der Waals surface area contributed by atoms with Crippen molar-refractivity contribution in [3.05, 3.63) is 419 Å². The first-order chi connectivity index (χ1) is 56.0. The Hall–Kier alpha value is -15.2. The van der Waals surface area contributed by atoms with Crippen molar-refractivity contribution >= 4 is 64.9 Å². The van der Waals surface area contributed by atoms with Crippen LogP contribution in [0, 0.1) is 0 Å². The van der Waals surface area contributed by atoms with Gasteiger partial charge in [0, 0.05) is 74.6 Å². The van der Waals surface area contributed by atoms with E-state index in [1.54, 1.807) is 6.20 Å². The zero-order chi connectivity index (χ0) is 75.0. The third-order valence-corrected chi connectivity index (χ3v) is 21.7. The molecular formula is C106H69N7. The summed E-state index contributed by atoms with van der Waals surface area (Å²) in [5.74, 6) is 1.36. The molecule has 21 rings (SSSR count). The van der Waals surface area contributed by atoms with Crippen LogP contribution in [0.3, 0.4) is 0 Å². The third kappa shape index (κ3) is 12.8. The van der Waals surface area contributed by atoms with Gasteiger partial charge in [-0.2, -0.15) is 0 Å². The number of aromatic nitrogens is 7. The van der Waals surface area contributed by atoms with E-state index < -0.39 is 0 Å². The lowest BCUT2D eigenvalue weighted by atomic mass is 9.85. The van der Waals surface area contributed by atoms with Crippen LogP contribution in [-0.2, 0) is 0 Å². The SMILES string of the molecule is c1ccc(-c2cc(-c3ccc4c(c3)c3cnccc3n4-c3ccccc3)nc(-c3cccc(-c4c5ccccc5c(-c5ccccc5)c5ccccc45)c3)n2)cc1.c1ccc(-c2ccc(-c3cc(-c4ccc(-c5cccnc5)cc4)nc(-c4cccc(-c5c6ccccc6c(-c6ccccc6)c6ccccc56)c4)n3)cc2)cc1. The number of hydrogen-bond donors (Lipinski definition) is 0. The van der Waals surface area contributed by atoms with Crippen molar-refractivity contribution in [3.8, 4) is 140 Å². The standard InChI is InChI=1S/C53H34N4.C53H35N3/c1-4-15-35(16-5-1)47-33-48(37-27-28-49-45(32-37)46-34-54-30-29-50(46)57(49)40-21-8-3-9-22-40)56-53(55-47)39-20-14-19-38(31-39)52-43-25-12-10-23-41(43)51(36-17-6-2-7-18-36)42-24-11-13-26-44(42)52;1-3-13-36(14-4-1)37-24-28-39(29-25-37)49-34-50(40-30-26-38(27-31-40)44-19-12-32-54-35-44)56-53(55-49)43-18-11-17-42(33-43)52-47-22-9-7-20-45(47)51(41-15-5-2-6-16-41)46-21-8-10-23-48(46)52/h1-34H;1-35H. The van der Waals surface area contributed by atoms with Gasteiger partial charge in [-0.1, -0.05) is 334 Å². The number of hydrogen-bond acceptors (Lipinski definition) is 6. The second kappa shape index (κ2) is 29.4. The molecular weight excluding hydrogens is 1370 g/mol. The Kier molecular flexibility index (Phi) is 17.5. The van der Waals surface area contributed by atoms with Gasteiger partial charge in [0.2, 0.25) is 0 Å². The summed E-state index contributed by atoms with van der Waals surface area (Å²) < 4.78 is 2.31. The highest BCUT2D eigenvalue weighted by atomic mass is 15.0. The van der Waals surface area contributed by atoms with Crippen LogP contribution in [0.5, 0.6) is 0 Å². The van der Waals surface area contributed by atoms with Crippen LogP contribution in [0.1, 0.15) is 0 Å². The zero-order valence-electron chi connectivity index (χ0n) is 61.5. The van der Waals surface area contributed by atoms with E-state index in [4.69, 9.17) is 19.9 Å². The van der Waals surface area contributed by atoms with Crippen LogP contribution in [-0.4, -0.2) is 34.5 Å². The number of para-hydroxylation sites is 1. The molecule has 0 bridgehead atoms. The molecule has 0 unspecified atom stereocenters. The molecule has 7 heteroatoms. The van der Waals surface area contributed by atoms with Crippen molar-refractivity contribution in [1.29, 1.82) is 0 Å². The molecule has 0 spiro atoms. The van der Waals surface area contributed by atoms with E-state index in [-0.39, 0.29) is 0 Å². The number of nitrogens with zero attached hydrogens (tertiary/aromatic N) is 7. The molecule has 16 aromatic carbocycles. The summed E-state index contributed by atoms with van der Waals surface area (Å²) in [6, 6.07) is 140. The maximum Gasteiger partial charge on any atom is 0.160 e. The van der Waals surface area contributed by atoms with Gasteiger partial charge in [0.25, 0.3) is 0 Å². The molecule has 7 nitrogen and oxygen atoms in total. The van der Waals surface area contributed by atoms with Gasteiger partial charge in [0.15, 0.2) is 11.6 Å². The summed E-state index contributed by atoms with van der Waals surface area (Å²) in [7, 11) is 0. The Morgan fingerprint density at radius 2 is 0.478 bits per heavy atom. The first-order valence-electron chi connectivity index (χ1n) is 38.2. The minimum absolute atomic E-state index is 0.677. The van der Waals surface area contributed by atoms with Gasteiger partial charge in [-0.25, -0.2) is 19.9 Å². The van der Waals surface area contributed by atoms with Crippen LogP contribution in [0.15, 0.2) is 419 Å². The van der Waals surface area contributed by atoms with Crippen LogP contribution >= 0.6 is 0 Å². The molecule has 21 aromatic rings. The molecule has 0 amide bonds. The van der Waals surface area contributed by atoms with Crippen LogP contribution < -0.4 is 0 Å². The van der Waals surface area contributed by atoms with E-state index in [1.807, 2.05) is 36.8 Å². The predicted octanol–water partition coefficient (Wildman–Crippen LogP) is 27.5. The van der Waals surface area contributed by atoms with Gasteiger partial charge < -0.3 is 4.57 Å². The van der Waals surface area contributed by atoms with Crippen molar-refractivity contribution in [1.82, 2.24) is 34.5 Å². The Morgan fingerprint density at radius 1 is 0.168 bits per heavy atom. The third-order valence-electron chi connectivity index (χ3n) is 21.7. The fourth-order valence-electron chi connectivity index (χ4n) is 16.4. The quantitative estimate of drug-likeness (QED) is 0.107. The molecule has 528 valence electrons. The lowest BCUT2D eigenvalue weighted by Crippen LogP contribution is -1.97. The highest BCUT2D eigenvalue weighted by Crippen LogP contribution is 2.47. The van der Waals surface area contributed by atoms with E-state index in [0.717, 1.165) is 106 Å². The average molecular weight is 1440 g/mol. The summed E-state index contributed by atoms with van der Waals surface area (Å²) in [4.78, 5) is 29.9. The van der Waals surface area contributed by atoms with E-state index in [2.05, 4.69) is 391 Å². The van der Waals surface area contributed by atoms with Crippen LogP contribution in [0.4, 0.5) is 0 Å². The number of fused-ring (bicyclic) bond motifs is 7. The number of rotatable bonds is 13. The van der Waals surface area contributed by atoms with Crippen molar-refractivity contribution in [2.45, 2.75) is 0 Å². The highest BCUT2D eigenvalue weighted by molar-refractivity contribution is 6.23. The summed E-state index contributed by atoms with van der Waals surface area (Å²) in [6.45, 7) is 0. The first kappa shape index (κ1) is 67.2. The minimum Gasteiger partial charge on any atom is -0.309 e. The second-order valence-corrected chi connectivity index (χ2v) is 28.4. The summed E-state index contributed by atoms with van der Waals surface area (Å²) in [5, 5.41) is 12.0. The fourth-order valence-corrected chi connectivity index (χ4v) is 16.4. The van der Waals surface area contributed by atoms with E-state index in [0.29, 0.717) is 11.6 Å². The Labute approximate surface area is 654 Å². The van der Waals surface area contributed by atoms with Crippen molar-refractivity contribution in [2.75, 3.05) is 0 Å². The number of pyridine rings is 2. The molecule has 0 aliphatic rings. The normalized spacial score (nSPS) is 11.4. The molecule has 0 aliphatic heterocycles. The fraction of sp³-hybridized carbons (Fsp3) is 0. The molecule has 0 atom stereocenters. The molecule has 5 aromatic heterocycles. The molecule has 0 N–H and O–H groups in total. The Balaban J connectivity index is 0.000000147. The molecule has 5 heterocycles. The summed E-state index contributed by atoms with van der Waals surface area (Å²) >= 11 is 0. The Bertz CT molecular complexity index is 6900. The van der Waals surface area contributed by atoms with E-state index in [9.17, 15) is 0 Å². The second-order valence-electron chi connectivity index (χ2n) is 28.4. The first-order valence-corrected chi connectivity index (χ1v) is 38.2. The smallest absolute Gasteiger partial charge is 0.160 e. The summed E-state index contributed by atoms with van der Waals surface area (Å²) in [6.07, 6.45) is 7.52. The molecule has 0 radical (unpaired) electrons. The topological polar surface area (TPSA) is 82.3 Å². The molecule has 0 aliphatic carbocycles. The van der Waals surface area contributed by atoms with Crippen LogP contribution in [0.2, 0.25) is 0 Å². The lowest BCUT2D eigenvalue weighted by molar-refractivity contribution is 1.17. The maximum absolute atomic E-state index is 5.33. The molecule has 0 saturated heterocycles. The summed E-state index contributed by atoms with van der Waals surface area (Å²) in [5.41, 5.74) is 27.0. The molecule has 0 fully saturated rings. The lowest BCUT2D eigenvalue weighted by Gasteiger charge is -2.18. The monoisotopic (exact) mass is 1440 g/mol. The molecule has 113 heavy (non-hydrogen) atoms. The van der Waals surface area contributed by atoms with Gasteiger partial charge in [0.1, 0.15) is 0 Å². The van der Waals surface area contributed by atoms with E-state index in [1.165, 1.54) is 87.6 Å². The van der Waals surface area contributed by atoms with Crippen LogP contribution in [0.25, 0.3) is 205 Å². The number of benzene rings is 16. The average Bonchev–Trinajstić information content (AvgIpc) is 1.68. The van der Waals surface area contributed by atoms with Crippen molar-refractivity contribution < 1.29 is 0 Å². The van der Waals surface area contributed by atoms with Gasteiger partial charge in [-0.15, -0.1) is 0 Å². The minimum atomic E-state index is 0.677.